The van der Waals surface area contributed by atoms with E-state index in [1.165, 1.54) is 0 Å². The predicted octanol–water partition coefficient (Wildman–Crippen LogP) is 2.72. The smallest absolute Gasteiger partial charge is 0.322 e. The molecule has 2 saturated heterocycles. The minimum absolute atomic E-state index is 0.0134. The molecule has 3 fully saturated rings. The van der Waals surface area contributed by atoms with Gasteiger partial charge in [0.2, 0.25) is 5.91 Å². The van der Waals surface area contributed by atoms with Crippen molar-refractivity contribution in [2.24, 2.45) is 5.92 Å². The molecule has 1 aromatic carbocycles. The van der Waals surface area contributed by atoms with E-state index in [1.54, 1.807) is 6.07 Å². The van der Waals surface area contributed by atoms with Crippen LogP contribution >= 0.6 is 23.2 Å². The Hall–Kier alpha value is -1.99. The number of hydrogen-bond acceptors (Lipinski definition) is 4. The van der Waals surface area contributed by atoms with Gasteiger partial charge in [-0.15, -0.1) is 0 Å². The van der Waals surface area contributed by atoms with E-state index in [9.17, 15) is 14.4 Å². The highest BCUT2D eigenvalue weighted by atomic mass is 35.5. The van der Waals surface area contributed by atoms with Crippen LogP contribution in [0.1, 0.15) is 31.2 Å². The molecule has 7 nitrogen and oxygen atoms in total. The van der Waals surface area contributed by atoms with E-state index < -0.39 is 11.6 Å². The highest BCUT2D eigenvalue weighted by Crippen LogP contribution is 2.43. The first-order valence-electron chi connectivity index (χ1n) is 9.92. The molecule has 9 heteroatoms. The van der Waals surface area contributed by atoms with Crippen LogP contribution < -0.4 is 15.5 Å². The fourth-order valence-electron chi connectivity index (χ4n) is 4.37. The van der Waals surface area contributed by atoms with Gasteiger partial charge in [0.15, 0.2) is 0 Å². The molecule has 1 aromatic rings. The van der Waals surface area contributed by atoms with Crippen LogP contribution in [-0.4, -0.2) is 54.5 Å². The van der Waals surface area contributed by atoms with E-state index >= 15 is 0 Å². The molecule has 29 heavy (non-hydrogen) atoms. The second kappa shape index (κ2) is 7.69. The summed E-state index contributed by atoms with van der Waals surface area (Å²) < 4.78 is 0. The van der Waals surface area contributed by atoms with E-state index in [1.807, 2.05) is 17.9 Å². The number of anilines is 1. The van der Waals surface area contributed by atoms with E-state index in [-0.39, 0.29) is 24.2 Å². The number of carbonyl (C=O) groups excluding carboxylic acids is 3. The van der Waals surface area contributed by atoms with E-state index in [2.05, 4.69) is 15.5 Å². The van der Waals surface area contributed by atoms with Gasteiger partial charge in [0.25, 0.3) is 5.91 Å². The molecule has 0 bridgehead atoms. The number of hydrogen-bond donors (Lipinski definition) is 2. The average Bonchev–Trinajstić information content (AvgIpc) is 3.49. The van der Waals surface area contributed by atoms with Gasteiger partial charge in [-0.1, -0.05) is 23.2 Å². The number of imide groups is 1. The predicted molar refractivity (Wildman–Crippen MR) is 111 cm³/mol. The summed E-state index contributed by atoms with van der Waals surface area (Å²) in [5.74, 6) is -0.149. The van der Waals surface area contributed by atoms with Crippen LogP contribution in [0.4, 0.5) is 10.5 Å². The highest BCUT2D eigenvalue weighted by molar-refractivity contribution is 6.35. The molecule has 1 unspecified atom stereocenters. The van der Waals surface area contributed by atoms with E-state index in [4.69, 9.17) is 23.2 Å². The van der Waals surface area contributed by atoms with Crippen LogP contribution in [0.25, 0.3) is 0 Å². The lowest BCUT2D eigenvalue weighted by atomic mass is 9.87. The van der Waals surface area contributed by atoms with Crippen LogP contribution in [0.15, 0.2) is 12.1 Å². The number of piperazine rings is 1. The van der Waals surface area contributed by atoms with Crippen molar-refractivity contribution in [1.29, 1.82) is 0 Å². The number of nitrogens with zero attached hydrogens (tertiary/aromatic N) is 2. The van der Waals surface area contributed by atoms with Crippen LogP contribution in [0, 0.1) is 12.8 Å². The number of urea groups is 1. The Balaban J connectivity index is 1.35. The second-order valence-corrected chi connectivity index (χ2v) is 8.90. The van der Waals surface area contributed by atoms with Crippen LogP contribution in [0.5, 0.6) is 0 Å². The summed E-state index contributed by atoms with van der Waals surface area (Å²) in [5.41, 5.74) is 1.06. The molecule has 0 aromatic heterocycles. The SMILES string of the molecule is Cc1c(Cl)cc(Cl)cc1N1CCN(C(=O)CCC2(C3CC3)NC(=O)NC2=O)CC1. The summed E-state index contributed by atoms with van der Waals surface area (Å²) in [4.78, 5) is 40.7. The Bertz CT molecular complexity index is 866. The fraction of sp³-hybridized carbons (Fsp3) is 0.550. The number of carbonyl (C=O) groups is 3. The maximum absolute atomic E-state index is 12.8. The first kappa shape index (κ1) is 20.3. The van der Waals surface area contributed by atoms with Crippen molar-refractivity contribution >= 4 is 46.7 Å². The number of nitrogens with one attached hydrogen (secondary N) is 2. The monoisotopic (exact) mass is 438 g/mol. The summed E-state index contributed by atoms with van der Waals surface area (Å²) in [5, 5.41) is 6.33. The van der Waals surface area contributed by atoms with Crippen molar-refractivity contribution in [1.82, 2.24) is 15.5 Å². The van der Waals surface area contributed by atoms with Crippen LogP contribution in [-0.2, 0) is 9.59 Å². The average molecular weight is 439 g/mol. The van der Waals surface area contributed by atoms with Crippen molar-refractivity contribution < 1.29 is 14.4 Å². The summed E-state index contributed by atoms with van der Waals surface area (Å²) in [6.07, 6.45) is 2.40. The minimum atomic E-state index is -0.913. The van der Waals surface area contributed by atoms with Gasteiger partial charge < -0.3 is 15.1 Å². The summed E-state index contributed by atoms with van der Waals surface area (Å²) in [7, 11) is 0. The quantitative estimate of drug-likeness (QED) is 0.692. The Morgan fingerprint density at radius 1 is 1.17 bits per heavy atom. The topological polar surface area (TPSA) is 81.8 Å². The summed E-state index contributed by atoms with van der Waals surface area (Å²) >= 11 is 12.4. The van der Waals surface area contributed by atoms with Crippen molar-refractivity contribution in [2.75, 3.05) is 31.1 Å². The van der Waals surface area contributed by atoms with Gasteiger partial charge in [-0.25, -0.2) is 4.79 Å². The molecule has 4 rings (SSSR count). The molecule has 0 radical (unpaired) electrons. The van der Waals surface area contributed by atoms with Crippen molar-refractivity contribution in [2.45, 2.75) is 38.1 Å². The lowest BCUT2D eigenvalue weighted by molar-refractivity contribution is -0.132. The zero-order valence-electron chi connectivity index (χ0n) is 16.3. The molecule has 3 aliphatic rings. The van der Waals surface area contributed by atoms with Crippen molar-refractivity contribution in [3.63, 3.8) is 0 Å². The maximum Gasteiger partial charge on any atom is 0.322 e. The Kier molecular flexibility index (Phi) is 5.38. The largest absolute Gasteiger partial charge is 0.368 e. The zero-order valence-corrected chi connectivity index (χ0v) is 17.8. The van der Waals surface area contributed by atoms with Gasteiger partial charge in [-0.05, 0) is 49.8 Å². The lowest BCUT2D eigenvalue weighted by Gasteiger charge is -2.37. The lowest BCUT2D eigenvalue weighted by Crippen LogP contribution is -2.52. The van der Waals surface area contributed by atoms with E-state index in [0.29, 0.717) is 42.6 Å². The fourth-order valence-corrected chi connectivity index (χ4v) is 4.85. The van der Waals surface area contributed by atoms with Gasteiger partial charge >= 0.3 is 6.03 Å². The minimum Gasteiger partial charge on any atom is -0.368 e. The second-order valence-electron chi connectivity index (χ2n) is 8.05. The molecule has 1 saturated carbocycles. The van der Waals surface area contributed by atoms with Gasteiger partial charge in [-0.3, -0.25) is 14.9 Å². The van der Waals surface area contributed by atoms with Gasteiger partial charge in [-0.2, -0.15) is 0 Å². The van der Waals surface area contributed by atoms with Gasteiger partial charge in [0, 0.05) is 48.3 Å². The van der Waals surface area contributed by atoms with Crippen LogP contribution in [0.2, 0.25) is 10.0 Å². The Labute approximate surface area is 179 Å². The number of halogens is 2. The molecule has 2 aliphatic heterocycles. The molecule has 2 heterocycles. The number of amides is 4. The first-order valence-corrected chi connectivity index (χ1v) is 10.7. The highest BCUT2D eigenvalue weighted by Gasteiger charge is 2.55. The summed E-state index contributed by atoms with van der Waals surface area (Å²) in [6, 6.07) is 3.18. The molecule has 156 valence electrons. The third kappa shape index (κ3) is 3.90. The summed E-state index contributed by atoms with van der Waals surface area (Å²) in [6.45, 7) is 4.53. The number of benzene rings is 1. The Morgan fingerprint density at radius 2 is 1.86 bits per heavy atom. The third-order valence-electron chi connectivity index (χ3n) is 6.23. The molecule has 2 N–H and O–H groups in total. The van der Waals surface area contributed by atoms with Crippen molar-refractivity contribution in [3.05, 3.63) is 27.7 Å². The molecule has 1 atom stereocenters. The standard InChI is InChI=1S/C20H24Cl2N4O3/c1-12-15(22)10-14(21)11-16(12)25-6-8-26(9-7-25)17(27)4-5-20(13-2-3-13)18(28)23-19(29)24-20/h10-11,13H,2-9H2,1H3,(H2,23,24,28,29). The van der Waals surface area contributed by atoms with E-state index in [0.717, 1.165) is 24.1 Å². The molecular weight excluding hydrogens is 415 g/mol. The molecular formula is C20H24Cl2N4O3. The number of rotatable bonds is 5. The van der Waals surface area contributed by atoms with Crippen molar-refractivity contribution in [3.8, 4) is 0 Å². The molecule has 4 amide bonds. The maximum atomic E-state index is 12.8. The zero-order chi connectivity index (χ0) is 20.8. The molecule has 0 spiro atoms. The van der Waals surface area contributed by atoms with Gasteiger partial charge in [0.05, 0.1) is 0 Å². The van der Waals surface area contributed by atoms with Crippen LogP contribution in [0.3, 0.4) is 0 Å². The first-order chi connectivity index (χ1) is 13.8. The van der Waals surface area contributed by atoms with Gasteiger partial charge in [0.1, 0.15) is 5.54 Å². The normalized spacial score (nSPS) is 24.5. The third-order valence-corrected chi connectivity index (χ3v) is 6.84. The molecule has 1 aliphatic carbocycles. The Morgan fingerprint density at radius 3 is 2.45 bits per heavy atom.